The Balaban J connectivity index is 2.02. The van der Waals surface area contributed by atoms with E-state index in [1.807, 2.05) is 0 Å². The molecule has 0 unspecified atom stereocenters. The first-order valence-corrected chi connectivity index (χ1v) is 6.32. The van der Waals surface area contributed by atoms with Crippen molar-refractivity contribution in [2.24, 2.45) is 0 Å². The lowest BCUT2D eigenvalue weighted by molar-refractivity contribution is 0.0993. The zero-order chi connectivity index (χ0) is 15.4. The standard InChI is InChI=1S/C15H10ClF2NO2/c16-9-1-4-11(5-2-9)21-15(19)8-14(20)12-6-3-10(17)7-13(12)18/h1-7,19H,8H2. The number of ketones is 1. The summed E-state index contributed by atoms with van der Waals surface area (Å²) in [4.78, 5) is 11.8. The fourth-order valence-electron chi connectivity index (χ4n) is 1.64. The van der Waals surface area contributed by atoms with Gasteiger partial charge in [0.2, 0.25) is 0 Å². The number of Topliss-reactive ketones (excluding diaryl/α,β-unsaturated/α-hetero) is 1. The summed E-state index contributed by atoms with van der Waals surface area (Å²) in [6, 6.07) is 8.89. The largest absolute Gasteiger partial charge is 0.443 e. The zero-order valence-electron chi connectivity index (χ0n) is 10.7. The summed E-state index contributed by atoms with van der Waals surface area (Å²) in [5.41, 5.74) is -0.277. The van der Waals surface area contributed by atoms with Crippen LogP contribution in [0.25, 0.3) is 0 Å². The molecule has 0 aliphatic carbocycles. The van der Waals surface area contributed by atoms with Crippen molar-refractivity contribution in [3.05, 3.63) is 64.7 Å². The monoisotopic (exact) mass is 309 g/mol. The quantitative estimate of drug-likeness (QED) is 0.521. The van der Waals surface area contributed by atoms with Crippen LogP contribution in [0.2, 0.25) is 5.02 Å². The second-order valence-electron chi connectivity index (χ2n) is 4.20. The van der Waals surface area contributed by atoms with Gasteiger partial charge in [-0.25, -0.2) is 8.78 Å². The molecule has 0 aromatic heterocycles. The fourth-order valence-corrected chi connectivity index (χ4v) is 1.76. The number of hydrogen-bond donors (Lipinski definition) is 1. The predicted octanol–water partition coefficient (Wildman–Crippen LogP) is 4.25. The van der Waals surface area contributed by atoms with E-state index in [4.69, 9.17) is 21.7 Å². The molecule has 0 saturated carbocycles. The topological polar surface area (TPSA) is 50.2 Å². The molecule has 21 heavy (non-hydrogen) atoms. The third-order valence-corrected chi connectivity index (χ3v) is 2.86. The molecule has 0 saturated heterocycles. The third-order valence-electron chi connectivity index (χ3n) is 2.61. The van der Waals surface area contributed by atoms with Crippen LogP contribution in [-0.4, -0.2) is 11.7 Å². The molecule has 0 heterocycles. The van der Waals surface area contributed by atoms with Gasteiger partial charge < -0.3 is 4.74 Å². The molecule has 6 heteroatoms. The van der Waals surface area contributed by atoms with Gasteiger partial charge in [0, 0.05) is 11.1 Å². The van der Waals surface area contributed by atoms with E-state index in [-0.39, 0.29) is 11.5 Å². The number of nitrogens with one attached hydrogen (secondary N) is 1. The average molecular weight is 310 g/mol. The second-order valence-corrected chi connectivity index (χ2v) is 4.64. The molecule has 0 bridgehead atoms. The Labute approximate surface area is 124 Å². The van der Waals surface area contributed by atoms with Gasteiger partial charge in [-0.05, 0) is 36.4 Å². The lowest BCUT2D eigenvalue weighted by Gasteiger charge is -2.07. The van der Waals surface area contributed by atoms with Gasteiger partial charge in [-0.3, -0.25) is 10.2 Å². The van der Waals surface area contributed by atoms with E-state index in [0.29, 0.717) is 16.8 Å². The first-order chi connectivity index (χ1) is 9.95. The molecule has 2 aromatic rings. The Bertz CT molecular complexity index is 687. The van der Waals surface area contributed by atoms with Crippen molar-refractivity contribution in [1.29, 1.82) is 5.41 Å². The second kappa shape index (κ2) is 6.45. The van der Waals surface area contributed by atoms with E-state index in [1.165, 1.54) is 0 Å². The smallest absolute Gasteiger partial charge is 0.195 e. The lowest BCUT2D eigenvalue weighted by atomic mass is 10.1. The molecular weight excluding hydrogens is 300 g/mol. The highest BCUT2D eigenvalue weighted by Crippen LogP contribution is 2.17. The van der Waals surface area contributed by atoms with Gasteiger partial charge in [-0.15, -0.1) is 0 Å². The molecule has 2 aromatic carbocycles. The van der Waals surface area contributed by atoms with Crippen molar-refractivity contribution in [3.8, 4) is 5.75 Å². The number of rotatable bonds is 4. The SMILES string of the molecule is N=C(CC(=O)c1ccc(F)cc1F)Oc1ccc(Cl)cc1. The summed E-state index contributed by atoms with van der Waals surface area (Å²) in [5.74, 6) is -2.38. The third kappa shape index (κ3) is 4.10. The van der Waals surface area contributed by atoms with Gasteiger partial charge in [-0.1, -0.05) is 11.6 Å². The predicted molar refractivity (Wildman–Crippen MR) is 75.1 cm³/mol. The van der Waals surface area contributed by atoms with E-state index in [1.54, 1.807) is 24.3 Å². The molecule has 1 N–H and O–H groups in total. The average Bonchev–Trinajstić information content (AvgIpc) is 2.41. The van der Waals surface area contributed by atoms with Crippen LogP contribution in [0.4, 0.5) is 8.78 Å². The molecule has 0 spiro atoms. The zero-order valence-corrected chi connectivity index (χ0v) is 11.5. The van der Waals surface area contributed by atoms with Crippen LogP contribution in [0, 0.1) is 17.0 Å². The molecule has 108 valence electrons. The Hall–Kier alpha value is -2.27. The van der Waals surface area contributed by atoms with E-state index in [0.717, 1.165) is 12.1 Å². The summed E-state index contributed by atoms with van der Waals surface area (Å²) in [7, 11) is 0. The number of ether oxygens (including phenoxy) is 1. The van der Waals surface area contributed by atoms with Crippen molar-refractivity contribution in [2.75, 3.05) is 0 Å². The highest BCUT2D eigenvalue weighted by atomic mass is 35.5. The van der Waals surface area contributed by atoms with Crippen LogP contribution in [-0.2, 0) is 0 Å². The normalized spacial score (nSPS) is 10.2. The van der Waals surface area contributed by atoms with Gasteiger partial charge in [0.05, 0.1) is 12.0 Å². The first kappa shape index (κ1) is 15.1. The van der Waals surface area contributed by atoms with Crippen LogP contribution in [0.15, 0.2) is 42.5 Å². The molecule has 0 aliphatic rings. The fraction of sp³-hybridized carbons (Fsp3) is 0.0667. The lowest BCUT2D eigenvalue weighted by Crippen LogP contribution is -2.14. The van der Waals surface area contributed by atoms with Gasteiger partial charge in [0.15, 0.2) is 11.7 Å². The van der Waals surface area contributed by atoms with Crippen molar-refractivity contribution in [1.82, 2.24) is 0 Å². The van der Waals surface area contributed by atoms with Crippen LogP contribution >= 0.6 is 11.6 Å². The maximum absolute atomic E-state index is 13.4. The van der Waals surface area contributed by atoms with Crippen LogP contribution in [0.1, 0.15) is 16.8 Å². The number of carbonyl (C=O) groups is 1. The molecular formula is C15H10ClF2NO2. The summed E-state index contributed by atoms with van der Waals surface area (Å²) in [6.07, 6.45) is -0.425. The van der Waals surface area contributed by atoms with Crippen LogP contribution in [0.3, 0.4) is 0 Å². The molecule has 0 aliphatic heterocycles. The Morgan fingerprint density at radius 2 is 1.81 bits per heavy atom. The van der Waals surface area contributed by atoms with Crippen LogP contribution < -0.4 is 4.74 Å². The van der Waals surface area contributed by atoms with Crippen molar-refractivity contribution in [2.45, 2.75) is 6.42 Å². The molecule has 2 rings (SSSR count). The molecule has 0 amide bonds. The number of hydrogen-bond acceptors (Lipinski definition) is 3. The van der Waals surface area contributed by atoms with E-state index < -0.39 is 23.8 Å². The van der Waals surface area contributed by atoms with Crippen molar-refractivity contribution in [3.63, 3.8) is 0 Å². The minimum atomic E-state index is -0.959. The Morgan fingerprint density at radius 1 is 1.14 bits per heavy atom. The maximum atomic E-state index is 13.4. The Morgan fingerprint density at radius 3 is 2.43 bits per heavy atom. The molecule has 0 atom stereocenters. The Kier molecular flexibility index (Phi) is 4.65. The summed E-state index contributed by atoms with van der Waals surface area (Å²) in [6.45, 7) is 0. The molecule has 3 nitrogen and oxygen atoms in total. The van der Waals surface area contributed by atoms with Gasteiger partial charge in [0.25, 0.3) is 0 Å². The van der Waals surface area contributed by atoms with Gasteiger partial charge in [-0.2, -0.15) is 0 Å². The highest BCUT2D eigenvalue weighted by molar-refractivity contribution is 6.30. The first-order valence-electron chi connectivity index (χ1n) is 5.95. The summed E-state index contributed by atoms with van der Waals surface area (Å²) in [5, 5.41) is 8.11. The summed E-state index contributed by atoms with van der Waals surface area (Å²) >= 11 is 5.71. The number of halogens is 3. The van der Waals surface area contributed by atoms with Gasteiger partial charge in [0.1, 0.15) is 17.4 Å². The molecule has 0 radical (unpaired) electrons. The highest BCUT2D eigenvalue weighted by Gasteiger charge is 2.15. The van der Waals surface area contributed by atoms with E-state index in [9.17, 15) is 13.6 Å². The summed E-state index contributed by atoms with van der Waals surface area (Å²) < 4.78 is 31.3. The van der Waals surface area contributed by atoms with Gasteiger partial charge >= 0.3 is 0 Å². The number of benzene rings is 2. The van der Waals surface area contributed by atoms with Crippen molar-refractivity contribution < 1.29 is 18.3 Å². The van der Waals surface area contributed by atoms with Crippen LogP contribution in [0.5, 0.6) is 5.75 Å². The molecule has 0 fully saturated rings. The van der Waals surface area contributed by atoms with E-state index in [2.05, 4.69) is 0 Å². The van der Waals surface area contributed by atoms with E-state index >= 15 is 0 Å². The minimum Gasteiger partial charge on any atom is -0.443 e. The van der Waals surface area contributed by atoms with Crippen molar-refractivity contribution >= 4 is 23.3 Å². The number of carbonyl (C=O) groups excluding carboxylic acids is 1. The minimum absolute atomic E-state index is 0.277. The maximum Gasteiger partial charge on any atom is 0.195 e.